The number of hydrogen-bond donors (Lipinski definition) is 0. The molecule has 0 aromatic heterocycles. The Balaban J connectivity index is 1.82. The lowest BCUT2D eigenvalue weighted by Crippen LogP contribution is -2.26. The van der Waals surface area contributed by atoms with Gasteiger partial charge in [-0.2, -0.15) is 0 Å². The summed E-state index contributed by atoms with van der Waals surface area (Å²) in [7, 11) is 1.98. The van der Waals surface area contributed by atoms with Crippen molar-refractivity contribution in [2.24, 2.45) is 17.8 Å². The first-order valence-electron chi connectivity index (χ1n) is 9.40. The molecule has 0 aliphatic heterocycles. The molecule has 2 nitrogen and oxygen atoms in total. The molecule has 0 radical (unpaired) electrons. The fraction of sp³-hybridized carbons (Fsp3) is 0.700. The van der Waals surface area contributed by atoms with Gasteiger partial charge in [0.1, 0.15) is 4.75 Å². The summed E-state index contributed by atoms with van der Waals surface area (Å²) in [5, 5.41) is 0. The van der Waals surface area contributed by atoms with Crippen LogP contribution in [0.4, 0.5) is 0 Å². The maximum Gasteiger partial charge on any atom is 0.245 e. The zero-order chi connectivity index (χ0) is 17.2. The summed E-state index contributed by atoms with van der Waals surface area (Å²) >= 11 is 0. The van der Waals surface area contributed by atoms with Crippen LogP contribution in [0.3, 0.4) is 0 Å². The number of allylic oxidation sites excluding steroid dienone is 4. The standard InChI is InChI=1S/C20H29ClO2S/c1-20(24(21,22)23)13-4-9-18(12-14-20)19-11-10-16-5-2-7-17(15-19)8-3-6-16/h4,9,12-14,16-17,19H,2-3,5-8,10-11,15H2,1H3. The third-order valence-electron chi connectivity index (χ3n) is 6.31. The van der Waals surface area contributed by atoms with Crippen molar-refractivity contribution in [2.75, 3.05) is 0 Å². The third kappa shape index (κ3) is 4.16. The molecule has 4 rings (SSSR count). The van der Waals surface area contributed by atoms with E-state index in [9.17, 15) is 8.42 Å². The molecule has 4 aliphatic rings. The molecular formula is C20H29ClO2S. The zero-order valence-electron chi connectivity index (χ0n) is 14.6. The molecule has 4 heteroatoms. The molecule has 0 N–H and O–H groups in total. The fourth-order valence-electron chi connectivity index (χ4n) is 4.62. The molecule has 0 saturated heterocycles. The van der Waals surface area contributed by atoms with Gasteiger partial charge in [-0.1, -0.05) is 68.9 Å². The van der Waals surface area contributed by atoms with E-state index in [0.29, 0.717) is 5.92 Å². The Hall–Kier alpha value is -0.540. The normalized spacial score (nSPS) is 37.8. The predicted octanol–water partition coefficient (Wildman–Crippen LogP) is 5.75. The number of halogens is 1. The van der Waals surface area contributed by atoms with Gasteiger partial charge in [-0.05, 0) is 49.5 Å². The first kappa shape index (κ1) is 18.3. The minimum Gasteiger partial charge on any atom is -0.211 e. The van der Waals surface area contributed by atoms with Crippen LogP contribution in [0.5, 0.6) is 0 Å². The van der Waals surface area contributed by atoms with Gasteiger partial charge in [0, 0.05) is 10.7 Å². The number of fused-ring (bicyclic) bond motifs is 7. The molecule has 2 atom stereocenters. The highest BCUT2D eigenvalue weighted by Crippen LogP contribution is 2.40. The van der Waals surface area contributed by atoms with Gasteiger partial charge in [-0.3, -0.25) is 0 Å². The topological polar surface area (TPSA) is 34.1 Å². The van der Waals surface area contributed by atoms with Gasteiger partial charge in [0.25, 0.3) is 0 Å². The predicted molar refractivity (Wildman–Crippen MR) is 102 cm³/mol. The van der Waals surface area contributed by atoms with Gasteiger partial charge >= 0.3 is 0 Å². The summed E-state index contributed by atoms with van der Waals surface area (Å²) < 4.78 is 22.6. The van der Waals surface area contributed by atoms with E-state index in [4.69, 9.17) is 10.7 Å². The lowest BCUT2D eigenvalue weighted by Gasteiger charge is -2.23. The van der Waals surface area contributed by atoms with Crippen molar-refractivity contribution in [3.63, 3.8) is 0 Å². The molecule has 3 saturated carbocycles. The molecule has 2 unspecified atom stereocenters. The second kappa shape index (κ2) is 7.37. The van der Waals surface area contributed by atoms with Crippen LogP contribution in [-0.4, -0.2) is 13.2 Å². The second-order valence-corrected chi connectivity index (χ2v) is 11.1. The highest BCUT2D eigenvalue weighted by molar-refractivity contribution is 8.15. The number of hydrogen-bond acceptors (Lipinski definition) is 2. The molecule has 24 heavy (non-hydrogen) atoms. The van der Waals surface area contributed by atoms with Crippen LogP contribution in [-0.2, 0) is 9.05 Å². The van der Waals surface area contributed by atoms with Crippen molar-refractivity contribution < 1.29 is 8.42 Å². The molecular weight excluding hydrogens is 340 g/mol. The molecule has 0 aromatic rings. The van der Waals surface area contributed by atoms with Crippen molar-refractivity contribution in [1.29, 1.82) is 0 Å². The molecule has 2 bridgehead atoms. The Morgan fingerprint density at radius 3 is 2.33 bits per heavy atom. The van der Waals surface area contributed by atoms with Crippen molar-refractivity contribution in [3.05, 3.63) is 36.0 Å². The maximum atomic E-state index is 11.9. The molecule has 3 fully saturated rings. The SMILES string of the molecule is CC1(S(=O)(=O)Cl)C=CC=C(C2CCC3CCCC(CCC3)C2)C=C1. The Labute approximate surface area is 151 Å². The lowest BCUT2D eigenvalue weighted by atomic mass is 9.82. The molecule has 0 amide bonds. The van der Waals surface area contributed by atoms with Crippen LogP contribution in [0, 0.1) is 17.8 Å². The van der Waals surface area contributed by atoms with Crippen molar-refractivity contribution in [3.8, 4) is 0 Å². The van der Waals surface area contributed by atoms with Crippen LogP contribution < -0.4 is 0 Å². The average molecular weight is 369 g/mol. The lowest BCUT2D eigenvalue weighted by molar-refractivity contribution is 0.316. The highest BCUT2D eigenvalue weighted by Gasteiger charge is 2.34. The van der Waals surface area contributed by atoms with Gasteiger partial charge in [-0.15, -0.1) is 0 Å². The van der Waals surface area contributed by atoms with Gasteiger partial charge in [0.05, 0.1) is 0 Å². The third-order valence-corrected chi connectivity index (χ3v) is 8.63. The summed E-state index contributed by atoms with van der Waals surface area (Å²) in [4.78, 5) is 0. The molecule has 0 heterocycles. The Bertz CT molecular complexity index is 637. The van der Waals surface area contributed by atoms with Gasteiger partial charge in [0.2, 0.25) is 9.05 Å². The fourth-order valence-corrected chi connectivity index (χ4v) is 5.40. The van der Waals surface area contributed by atoms with E-state index < -0.39 is 13.8 Å². The largest absolute Gasteiger partial charge is 0.245 e. The van der Waals surface area contributed by atoms with E-state index >= 15 is 0 Å². The monoisotopic (exact) mass is 368 g/mol. The smallest absolute Gasteiger partial charge is 0.211 e. The van der Waals surface area contributed by atoms with Crippen LogP contribution in [0.15, 0.2) is 36.0 Å². The Morgan fingerprint density at radius 2 is 1.67 bits per heavy atom. The van der Waals surface area contributed by atoms with E-state index in [0.717, 1.165) is 11.8 Å². The van der Waals surface area contributed by atoms with E-state index in [-0.39, 0.29) is 0 Å². The molecule has 0 spiro atoms. The zero-order valence-corrected chi connectivity index (χ0v) is 16.2. The summed E-state index contributed by atoms with van der Waals surface area (Å²) in [6.07, 6.45) is 21.6. The first-order valence-corrected chi connectivity index (χ1v) is 11.7. The first-order chi connectivity index (χ1) is 11.4. The molecule has 4 aliphatic carbocycles. The summed E-state index contributed by atoms with van der Waals surface area (Å²) in [6.45, 7) is 1.66. The molecule has 134 valence electrons. The minimum atomic E-state index is -3.67. The summed E-state index contributed by atoms with van der Waals surface area (Å²) in [5.41, 5.74) is 1.28. The molecule has 0 aromatic carbocycles. The Kier molecular flexibility index (Phi) is 5.61. The Morgan fingerprint density at radius 1 is 1.00 bits per heavy atom. The van der Waals surface area contributed by atoms with E-state index in [1.54, 1.807) is 19.1 Å². The van der Waals surface area contributed by atoms with Crippen molar-refractivity contribution in [2.45, 2.75) is 69.5 Å². The second-order valence-electron chi connectivity index (χ2n) is 8.08. The number of rotatable bonds is 2. The van der Waals surface area contributed by atoms with Gasteiger partial charge in [0.15, 0.2) is 0 Å². The van der Waals surface area contributed by atoms with Gasteiger partial charge < -0.3 is 0 Å². The van der Waals surface area contributed by atoms with E-state index in [2.05, 4.69) is 6.08 Å². The van der Waals surface area contributed by atoms with Crippen molar-refractivity contribution in [1.82, 2.24) is 0 Å². The van der Waals surface area contributed by atoms with Gasteiger partial charge in [-0.25, -0.2) is 8.42 Å². The van der Waals surface area contributed by atoms with Crippen LogP contribution in [0.2, 0.25) is 0 Å². The van der Waals surface area contributed by atoms with Crippen LogP contribution in [0.25, 0.3) is 0 Å². The summed E-state index contributed by atoms with van der Waals surface area (Å²) in [5.74, 6) is 2.28. The maximum absolute atomic E-state index is 11.9. The van der Waals surface area contributed by atoms with Crippen LogP contribution >= 0.6 is 10.7 Å². The van der Waals surface area contributed by atoms with Crippen LogP contribution in [0.1, 0.15) is 64.7 Å². The van der Waals surface area contributed by atoms with E-state index in [1.807, 2.05) is 12.2 Å². The quantitative estimate of drug-likeness (QED) is 0.581. The average Bonchev–Trinajstić information content (AvgIpc) is 2.57. The minimum absolute atomic E-state index is 0.551. The summed E-state index contributed by atoms with van der Waals surface area (Å²) in [6, 6.07) is 0. The van der Waals surface area contributed by atoms with Crippen molar-refractivity contribution >= 4 is 19.7 Å². The highest BCUT2D eigenvalue weighted by atomic mass is 35.7. The van der Waals surface area contributed by atoms with E-state index in [1.165, 1.54) is 63.4 Å².